The van der Waals surface area contributed by atoms with Gasteiger partial charge in [0.1, 0.15) is 36.6 Å². The number of benzene rings is 3. The Bertz CT molecular complexity index is 2590. The smallest absolute Gasteiger partial charge is 0.326 e. The minimum Gasteiger partial charge on any atom is -0.506 e. The molecule has 2 fully saturated rings. The number of anilines is 1. The van der Waals surface area contributed by atoms with Crippen molar-refractivity contribution >= 4 is 61.6 Å². The third-order valence-corrected chi connectivity index (χ3v) is 12.8. The Morgan fingerprint density at radius 1 is 1.07 bits per heavy atom. The first kappa shape index (κ1) is 41.2. The second-order valence-electron chi connectivity index (χ2n) is 15.8. The van der Waals surface area contributed by atoms with E-state index in [-0.39, 0.29) is 30.3 Å². The predicted molar refractivity (Wildman–Crippen MR) is 218 cm³/mol. The van der Waals surface area contributed by atoms with Gasteiger partial charge >= 0.3 is 10.2 Å². The van der Waals surface area contributed by atoms with E-state index in [4.69, 9.17) is 0 Å². The van der Waals surface area contributed by atoms with E-state index < -0.39 is 87.3 Å². The Morgan fingerprint density at radius 2 is 1.78 bits per heavy atom. The number of aromatic hydroxyl groups is 1. The molecule has 2 saturated heterocycles. The van der Waals surface area contributed by atoms with Crippen LogP contribution in [0.5, 0.6) is 5.75 Å². The number of aliphatic hydroxyl groups excluding tert-OH is 1. The number of aryl methyl sites for hydroxylation is 1. The van der Waals surface area contributed by atoms with E-state index >= 15 is 4.39 Å². The highest BCUT2D eigenvalue weighted by Gasteiger charge is 2.45. The number of carbonyl (C=O) groups excluding carboxylic acids is 4. The van der Waals surface area contributed by atoms with Crippen LogP contribution < -0.4 is 19.7 Å². The summed E-state index contributed by atoms with van der Waals surface area (Å²) in [6.45, 7) is 8.03. The van der Waals surface area contributed by atoms with Crippen molar-refractivity contribution in [3.8, 4) is 27.3 Å². The van der Waals surface area contributed by atoms with E-state index in [2.05, 4.69) is 20.7 Å². The number of fused-ring (bicyclic) bond motifs is 1. The van der Waals surface area contributed by atoms with Crippen molar-refractivity contribution in [3.63, 3.8) is 0 Å². The Balaban J connectivity index is 1.03. The number of carbonyl (C=O) groups is 4. The quantitative estimate of drug-likeness (QED) is 0.138. The van der Waals surface area contributed by atoms with Gasteiger partial charge in [0.2, 0.25) is 17.7 Å². The second kappa shape index (κ2) is 15.7. The first-order chi connectivity index (χ1) is 27.8. The van der Waals surface area contributed by atoms with Crippen LogP contribution in [0.2, 0.25) is 0 Å². The maximum atomic E-state index is 15.9. The topological polar surface area (TPSA) is 216 Å². The zero-order valence-electron chi connectivity index (χ0n) is 32.8. The lowest BCUT2D eigenvalue weighted by Gasteiger charge is -2.35. The number of β-amino-alcohol motifs (C(OH)–C–C–N with tert-alkyl or cyclic N) is 1. The predicted octanol–water partition coefficient (Wildman–Crippen LogP) is 3.53. The molecule has 4 atom stereocenters. The van der Waals surface area contributed by atoms with Gasteiger partial charge in [0.15, 0.2) is 5.82 Å². The molecule has 0 radical (unpaired) electrons. The fraction of sp³-hybridized carbons (Fsp3) is 0.350. The molecule has 4 heterocycles. The maximum absolute atomic E-state index is 15.9. The molecule has 0 aliphatic carbocycles. The zero-order valence-corrected chi connectivity index (χ0v) is 34.4. The lowest BCUT2D eigenvalue weighted by atomic mass is 9.85. The molecule has 7 rings (SSSR count). The van der Waals surface area contributed by atoms with Gasteiger partial charge in [-0.05, 0) is 53.5 Å². The minimum absolute atomic E-state index is 0.0319. The van der Waals surface area contributed by atoms with E-state index in [0.29, 0.717) is 15.4 Å². The number of hydrogen-bond donors (Lipinski definition) is 5. The number of aromatic nitrogens is 3. The third-order valence-electron chi connectivity index (χ3n) is 10.4. The maximum Gasteiger partial charge on any atom is 0.326 e. The molecule has 3 aromatic carbocycles. The van der Waals surface area contributed by atoms with Crippen LogP contribution >= 0.6 is 11.3 Å². The Morgan fingerprint density at radius 3 is 2.42 bits per heavy atom. The average Bonchev–Trinajstić information content (AvgIpc) is 3.96. The molecule has 0 unspecified atom stereocenters. The highest BCUT2D eigenvalue weighted by atomic mass is 32.2. The van der Waals surface area contributed by atoms with Gasteiger partial charge in [0.25, 0.3) is 5.91 Å². The first-order valence-electron chi connectivity index (χ1n) is 18.7. The number of likely N-dealkylation sites (tertiary alicyclic amines) is 1. The van der Waals surface area contributed by atoms with Crippen LogP contribution in [0.25, 0.3) is 32.3 Å². The lowest BCUT2D eigenvalue weighted by Crippen LogP contribution is -2.58. The highest BCUT2D eigenvalue weighted by Crippen LogP contribution is 2.39. The first-order valence-corrected chi connectivity index (χ1v) is 21.0. The van der Waals surface area contributed by atoms with Crippen molar-refractivity contribution in [3.05, 3.63) is 83.5 Å². The van der Waals surface area contributed by atoms with Crippen LogP contribution in [0, 0.1) is 18.2 Å². The summed E-state index contributed by atoms with van der Waals surface area (Å²) >= 11 is 1.55. The molecule has 310 valence electrons. The van der Waals surface area contributed by atoms with Gasteiger partial charge in [0.05, 0.1) is 34.4 Å². The average molecular weight is 847 g/mol. The van der Waals surface area contributed by atoms with Gasteiger partial charge < -0.3 is 25.7 Å². The van der Waals surface area contributed by atoms with E-state index in [9.17, 15) is 37.8 Å². The van der Waals surface area contributed by atoms with Crippen LogP contribution in [-0.4, -0.2) is 93.2 Å². The number of hydrogen-bond acceptors (Lipinski definition) is 11. The van der Waals surface area contributed by atoms with E-state index in [1.54, 1.807) is 48.4 Å². The largest absolute Gasteiger partial charge is 0.506 e. The molecular formula is C40H43FN8O8S2. The number of nitrogens with one attached hydrogen (secondary N) is 3. The lowest BCUT2D eigenvalue weighted by molar-refractivity contribution is -0.144. The van der Waals surface area contributed by atoms with Crippen molar-refractivity contribution in [1.82, 2.24) is 35.0 Å². The number of rotatable bonds is 10. The molecule has 2 aromatic heterocycles. The summed E-state index contributed by atoms with van der Waals surface area (Å²) in [4.78, 5) is 59.8. The van der Waals surface area contributed by atoms with Crippen molar-refractivity contribution in [1.29, 1.82) is 0 Å². The number of nitrogens with zero attached hydrogens (tertiary/aromatic N) is 5. The van der Waals surface area contributed by atoms with Gasteiger partial charge in [0, 0.05) is 30.1 Å². The standard InChI is InChI=1S/C40H43FN8O8S2/c1-21(23-6-8-24(9-7-23)36-22(2)42-20-58-36)44-38(54)30-14-28(50)17-48(30)39(55)37(40(3,4)5)45-32(52)18-47-16-27(15-43-47)25-10-11-26-13-31(51)35(34(41)29(26)12-25)49-19-33(53)46-59(49,56)57/h6-13,15-16,20-21,28,30,37,50-51H,14,17-19H2,1-5H3,(H,44,54)(H,45,52)(H,46,53)/t21-,28+,30-,37+/m0/s1. The van der Waals surface area contributed by atoms with Crippen molar-refractivity contribution in [2.75, 3.05) is 17.4 Å². The normalized spacial score (nSPS) is 18.8. The fourth-order valence-corrected chi connectivity index (χ4v) is 9.33. The molecule has 4 amide bonds. The van der Waals surface area contributed by atoms with E-state index in [0.717, 1.165) is 21.7 Å². The van der Waals surface area contributed by atoms with Gasteiger partial charge in [-0.25, -0.2) is 18.4 Å². The molecule has 0 saturated carbocycles. The van der Waals surface area contributed by atoms with Gasteiger partial charge in [-0.1, -0.05) is 57.2 Å². The Kier molecular flexibility index (Phi) is 11.0. The number of thiazole rings is 1. The Hall–Kier alpha value is -5.92. The van der Waals surface area contributed by atoms with Crippen LogP contribution in [0.15, 0.2) is 66.4 Å². The number of amides is 4. The van der Waals surface area contributed by atoms with E-state index in [1.165, 1.54) is 40.2 Å². The van der Waals surface area contributed by atoms with Crippen molar-refractivity contribution in [2.24, 2.45) is 5.41 Å². The summed E-state index contributed by atoms with van der Waals surface area (Å²) < 4.78 is 44.2. The van der Waals surface area contributed by atoms with Gasteiger partial charge in [-0.2, -0.15) is 13.5 Å². The van der Waals surface area contributed by atoms with Crippen LogP contribution in [0.1, 0.15) is 51.4 Å². The molecule has 2 aliphatic heterocycles. The van der Waals surface area contributed by atoms with Crippen LogP contribution in [0.4, 0.5) is 10.1 Å². The highest BCUT2D eigenvalue weighted by molar-refractivity contribution is 7.92. The molecule has 16 nitrogen and oxygen atoms in total. The van der Waals surface area contributed by atoms with Crippen LogP contribution in [-0.2, 0) is 35.9 Å². The fourth-order valence-electron chi connectivity index (χ4n) is 7.36. The number of phenols is 1. The summed E-state index contributed by atoms with van der Waals surface area (Å²) in [6.07, 6.45) is 2.07. The molecule has 5 N–H and O–H groups in total. The SMILES string of the molecule is Cc1ncsc1-c1ccc([C@H](C)NC(=O)[C@@H]2C[C@@H](O)CN2C(=O)[C@@H](NC(=O)Cn2cc(-c3ccc4cc(O)c(N5CC(=O)NS5(=O)=O)c(F)c4c3)cn2)C(C)(C)C)cc1. The summed E-state index contributed by atoms with van der Waals surface area (Å²) in [5.41, 5.74) is 4.06. The molecule has 19 heteroatoms. The van der Waals surface area contributed by atoms with Gasteiger partial charge in [-0.15, -0.1) is 11.3 Å². The van der Waals surface area contributed by atoms with Crippen molar-refractivity contribution < 1.29 is 42.2 Å². The van der Waals surface area contributed by atoms with Crippen LogP contribution in [0.3, 0.4) is 0 Å². The zero-order chi connectivity index (χ0) is 42.6. The number of phenolic OH excluding ortho intramolecular Hbond substituents is 1. The molecule has 5 aromatic rings. The van der Waals surface area contributed by atoms with E-state index in [1.807, 2.05) is 38.1 Å². The molecule has 0 spiro atoms. The molecular weight excluding hydrogens is 804 g/mol. The third kappa shape index (κ3) is 8.35. The number of aliphatic hydroxyl groups is 1. The minimum atomic E-state index is -4.40. The van der Waals surface area contributed by atoms with Gasteiger partial charge in [-0.3, -0.25) is 23.9 Å². The summed E-state index contributed by atoms with van der Waals surface area (Å²) in [6, 6.07) is 11.1. The molecule has 0 bridgehead atoms. The second-order valence-corrected chi connectivity index (χ2v) is 18.3. The summed E-state index contributed by atoms with van der Waals surface area (Å²) in [5.74, 6) is -4.10. The summed E-state index contributed by atoms with van der Waals surface area (Å²) in [5, 5.41) is 31.5. The monoisotopic (exact) mass is 846 g/mol. The summed E-state index contributed by atoms with van der Waals surface area (Å²) in [7, 11) is -4.40. The molecule has 2 aliphatic rings. The molecule has 59 heavy (non-hydrogen) atoms. The van der Waals surface area contributed by atoms with Crippen molar-refractivity contribution in [2.45, 2.75) is 71.8 Å². The Labute approximate surface area is 343 Å². The number of halogens is 1.